The van der Waals surface area contributed by atoms with Crippen molar-refractivity contribution in [3.05, 3.63) is 17.0 Å². The first kappa shape index (κ1) is 16.6. The molecule has 0 saturated heterocycles. The van der Waals surface area contributed by atoms with Crippen LogP contribution in [0.5, 0.6) is 0 Å². The number of ether oxygens (including phenoxy) is 2. The lowest BCUT2D eigenvalue weighted by atomic mass is 10.5. The molecule has 9 heteroatoms. The van der Waals surface area contributed by atoms with Crippen LogP contribution in [0.3, 0.4) is 0 Å². The molecule has 1 aromatic heterocycles. The van der Waals surface area contributed by atoms with E-state index in [1.165, 1.54) is 6.07 Å². The van der Waals surface area contributed by atoms with Gasteiger partial charge in [-0.05, 0) is 19.1 Å². The van der Waals surface area contributed by atoms with Crippen LogP contribution in [0.4, 0.5) is 0 Å². The van der Waals surface area contributed by atoms with Crippen molar-refractivity contribution in [3.8, 4) is 0 Å². The van der Waals surface area contributed by atoms with Crippen molar-refractivity contribution >= 4 is 33.3 Å². The van der Waals surface area contributed by atoms with Gasteiger partial charge >= 0.3 is 11.9 Å². The number of hydrogen-bond acceptors (Lipinski definition) is 7. The Morgan fingerprint density at radius 2 is 1.65 bits per heavy atom. The predicted octanol–water partition coefficient (Wildman–Crippen LogP) is 0.393. The summed E-state index contributed by atoms with van der Waals surface area (Å²) in [4.78, 5) is 23.4. The number of esters is 2. The fourth-order valence-electron chi connectivity index (χ4n) is 1.32. The molecular formula is C11H15NO6S2. The Labute approximate surface area is 121 Å². The third kappa shape index (κ3) is 4.02. The number of carbonyl (C=O) groups excluding carboxylic acids is 2. The van der Waals surface area contributed by atoms with E-state index in [0.29, 0.717) is 0 Å². The molecule has 112 valence electrons. The molecule has 0 aliphatic carbocycles. The Bertz CT molecular complexity index is 574. The predicted molar refractivity (Wildman–Crippen MR) is 71.8 cm³/mol. The van der Waals surface area contributed by atoms with E-state index in [2.05, 4.69) is 9.47 Å². The monoisotopic (exact) mass is 321 g/mol. The topological polar surface area (TPSA) is 90.0 Å². The fourth-order valence-corrected chi connectivity index (χ4v) is 4.09. The summed E-state index contributed by atoms with van der Waals surface area (Å²) in [5, 5.41) is 0. The normalized spacial score (nSPS) is 11.4. The van der Waals surface area contributed by atoms with Crippen molar-refractivity contribution in [2.75, 3.05) is 27.3 Å². The molecule has 1 heterocycles. The van der Waals surface area contributed by atoms with Crippen molar-refractivity contribution < 1.29 is 27.5 Å². The molecule has 7 nitrogen and oxygen atoms in total. The molecule has 0 aliphatic rings. The highest BCUT2D eigenvalue weighted by Crippen LogP contribution is 2.24. The minimum atomic E-state index is -3.94. The second-order valence-corrected chi connectivity index (χ2v) is 7.24. The third-order valence-corrected chi connectivity index (χ3v) is 5.64. The standard InChI is InChI=1S/C11H15NO6S2/c1-8-4-5-11(19-8)20(15,16)12(6-9(13)17-2)7-10(14)18-3/h4-5H,6-7H2,1-3H3. The molecule has 0 fully saturated rings. The summed E-state index contributed by atoms with van der Waals surface area (Å²) in [6.07, 6.45) is 0. The van der Waals surface area contributed by atoms with Gasteiger partial charge in [0.1, 0.15) is 17.3 Å². The average Bonchev–Trinajstić information content (AvgIpc) is 2.84. The van der Waals surface area contributed by atoms with E-state index in [-0.39, 0.29) is 4.21 Å². The lowest BCUT2D eigenvalue weighted by Crippen LogP contribution is -2.39. The molecule has 0 bridgehead atoms. The van der Waals surface area contributed by atoms with Crippen LogP contribution in [-0.2, 0) is 29.1 Å². The number of aryl methyl sites for hydroxylation is 1. The van der Waals surface area contributed by atoms with Crippen molar-refractivity contribution in [1.82, 2.24) is 4.31 Å². The number of nitrogens with zero attached hydrogens (tertiary/aromatic N) is 1. The highest BCUT2D eigenvalue weighted by molar-refractivity contribution is 7.91. The maximum absolute atomic E-state index is 12.4. The second-order valence-electron chi connectivity index (χ2n) is 3.79. The molecule has 0 aromatic carbocycles. The Morgan fingerprint density at radius 3 is 2.00 bits per heavy atom. The molecule has 0 saturated carbocycles. The van der Waals surface area contributed by atoms with E-state index in [1.807, 2.05) is 0 Å². The zero-order valence-electron chi connectivity index (χ0n) is 11.3. The summed E-state index contributed by atoms with van der Waals surface area (Å²) in [7, 11) is -1.66. The number of methoxy groups -OCH3 is 2. The third-order valence-electron chi connectivity index (χ3n) is 2.38. The largest absolute Gasteiger partial charge is 0.468 e. The number of hydrogen-bond donors (Lipinski definition) is 0. The Hall–Kier alpha value is -1.45. The highest BCUT2D eigenvalue weighted by atomic mass is 32.2. The van der Waals surface area contributed by atoms with E-state index >= 15 is 0 Å². The zero-order chi connectivity index (χ0) is 15.3. The van der Waals surface area contributed by atoms with E-state index < -0.39 is 35.1 Å². The van der Waals surface area contributed by atoms with Crippen molar-refractivity contribution in [2.24, 2.45) is 0 Å². The quantitative estimate of drug-likeness (QED) is 0.704. The maximum atomic E-state index is 12.4. The molecule has 0 radical (unpaired) electrons. The first-order valence-electron chi connectivity index (χ1n) is 5.51. The molecule has 0 unspecified atom stereocenters. The lowest BCUT2D eigenvalue weighted by Gasteiger charge is -2.18. The van der Waals surface area contributed by atoms with Gasteiger partial charge in [-0.1, -0.05) is 0 Å². The zero-order valence-corrected chi connectivity index (χ0v) is 12.9. The SMILES string of the molecule is COC(=O)CN(CC(=O)OC)S(=O)(=O)c1ccc(C)s1. The van der Waals surface area contributed by atoms with Crippen molar-refractivity contribution in [2.45, 2.75) is 11.1 Å². The molecule has 0 aliphatic heterocycles. The Kier molecular flexibility index (Phi) is 5.66. The van der Waals surface area contributed by atoms with Crippen LogP contribution in [0.25, 0.3) is 0 Å². The van der Waals surface area contributed by atoms with Gasteiger partial charge in [-0.2, -0.15) is 4.31 Å². The van der Waals surface area contributed by atoms with E-state index in [1.54, 1.807) is 13.0 Å². The van der Waals surface area contributed by atoms with Gasteiger partial charge in [-0.3, -0.25) is 9.59 Å². The molecule has 0 spiro atoms. The number of sulfonamides is 1. The summed E-state index contributed by atoms with van der Waals surface area (Å²) in [6, 6.07) is 3.07. The summed E-state index contributed by atoms with van der Waals surface area (Å²) >= 11 is 1.06. The van der Waals surface area contributed by atoms with Crippen LogP contribution in [0.2, 0.25) is 0 Å². The molecule has 1 aromatic rings. The Balaban J connectivity index is 3.07. The summed E-state index contributed by atoms with van der Waals surface area (Å²) in [6.45, 7) is 0.657. The molecule has 1 rings (SSSR count). The van der Waals surface area contributed by atoms with Gasteiger partial charge in [0.05, 0.1) is 14.2 Å². The number of carbonyl (C=O) groups is 2. The van der Waals surface area contributed by atoms with Gasteiger partial charge in [-0.25, -0.2) is 8.42 Å². The van der Waals surface area contributed by atoms with Gasteiger partial charge in [0.25, 0.3) is 10.0 Å². The summed E-state index contributed by atoms with van der Waals surface area (Å²) in [5.74, 6) is -1.52. The van der Waals surface area contributed by atoms with Crippen LogP contribution in [0.15, 0.2) is 16.3 Å². The Morgan fingerprint density at radius 1 is 1.15 bits per heavy atom. The van der Waals surface area contributed by atoms with Crippen LogP contribution in [0, 0.1) is 6.92 Å². The van der Waals surface area contributed by atoms with E-state index in [9.17, 15) is 18.0 Å². The van der Waals surface area contributed by atoms with Crippen molar-refractivity contribution in [1.29, 1.82) is 0 Å². The molecule has 20 heavy (non-hydrogen) atoms. The lowest BCUT2D eigenvalue weighted by molar-refractivity contribution is -0.143. The second kappa shape index (κ2) is 6.82. The first-order valence-corrected chi connectivity index (χ1v) is 7.77. The van der Waals surface area contributed by atoms with Gasteiger partial charge in [0, 0.05) is 4.88 Å². The number of thiophene rings is 1. The highest BCUT2D eigenvalue weighted by Gasteiger charge is 2.30. The van der Waals surface area contributed by atoms with Crippen molar-refractivity contribution in [3.63, 3.8) is 0 Å². The van der Waals surface area contributed by atoms with Gasteiger partial charge in [0.15, 0.2) is 0 Å². The molecule has 0 amide bonds. The van der Waals surface area contributed by atoms with E-state index in [4.69, 9.17) is 0 Å². The van der Waals surface area contributed by atoms with Crippen LogP contribution in [-0.4, -0.2) is 52.0 Å². The van der Waals surface area contributed by atoms with Crippen LogP contribution >= 0.6 is 11.3 Å². The van der Waals surface area contributed by atoms with Gasteiger partial charge < -0.3 is 9.47 Å². The fraction of sp³-hybridized carbons (Fsp3) is 0.455. The van der Waals surface area contributed by atoms with E-state index in [0.717, 1.165) is 34.7 Å². The smallest absolute Gasteiger partial charge is 0.321 e. The van der Waals surface area contributed by atoms with Crippen LogP contribution < -0.4 is 0 Å². The minimum absolute atomic E-state index is 0.0582. The molecular weight excluding hydrogens is 306 g/mol. The maximum Gasteiger partial charge on any atom is 0.321 e. The van der Waals surface area contributed by atoms with Crippen LogP contribution in [0.1, 0.15) is 4.88 Å². The summed E-state index contributed by atoms with van der Waals surface area (Å²) in [5.41, 5.74) is 0. The molecule has 0 atom stereocenters. The number of rotatable bonds is 6. The molecule has 0 N–H and O–H groups in total. The minimum Gasteiger partial charge on any atom is -0.468 e. The summed E-state index contributed by atoms with van der Waals surface area (Å²) < 4.78 is 34.4. The first-order chi connectivity index (χ1) is 9.31. The van der Waals surface area contributed by atoms with Gasteiger partial charge in [-0.15, -0.1) is 11.3 Å². The average molecular weight is 321 g/mol. The van der Waals surface area contributed by atoms with Gasteiger partial charge in [0.2, 0.25) is 0 Å².